The minimum Gasteiger partial charge on any atom is -0.493 e. The fourth-order valence-electron chi connectivity index (χ4n) is 2.94. The van der Waals surface area contributed by atoms with Crippen molar-refractivity contribution in [1.29, 1.82) is 0 Å². The number of amides is 2. The Balaban J connectivity index is 1.73. The molecule has 0 unspecified atom stereocenters. The standard InChI is InChI=1S/C22H23N3O4/c1-5-29-19-9-8-16(12-20(19)28-4)21(26)24-25-22(27)17-11-15-7-6-13(2)10-18(15)23-14(17)3/h6-12H,5H2,1-4H3,(H,24,26)(H,25,27). The van der Waals surface area contributed by atoms with Gasteiger partial charge in [0.05, 0.1) is 30.5 Å². The Kier molecular flexibility index (Phi) is 5.97. The van der Waals surface area contributed by atoms with Crippen LogP contribution in [0, 0.1) is 13.8 Å². The van der Waals surface area contributed by atoms with Crippen LogP contribution >= 0.6 is 0 Å². The van der Waals surface area contributed by atoms with Gasteiger partial charge >= 0.3 is 0 Å². The maximum Gasteiger partial charge on any atom is 0.271 e. The number of hydrogen-bond donors (Lipinski definition) is 2. The maximum atomic E-state index is 12.6. The molecule has 0 fully saturated rings. The molecule has 2 N–H and O–H groups in total. The second-order valence-electron chi connectivity index (χ2n) is 6.52. The highest BCUT2D eigenvalue weighted by Crippen LogP contribution is 2.28. The highest BCUT2D eigenvalue weighted by atomic mass is 16.5. The van der Waals surface area contributed by atoms with Crippen LogP contribution in [0.25, 0.3) is 10.9 Å². The molecule has 3 rings (SSSR count). The van der Waals surface area contributed by atoms with Crippen molar-refractivity contribution in [3.63, 3.8) is 0 Å². The number of hydrazine groups is 1. The number of carbonyl (C=O) groups is 2. The van der Waals surface area contributed by atoms with Crippen LogP contribution in [0.3, 0.4) is 0 Å². The van der Waals surface area contributed by atoms with Crippen molar-refractivity contribution in [2.45, 2.75) is 20.8 Å². The highest BCUT2D eigenvalue weighted by molar-refractivity contribution is 6.01. The van der Waals surface area contributed by atoms with Gasteiger partial charge in [0.2, 0.25) is 0 Å². The molecule has 2 aromatic carbocycles. The van der Waals surface area contributed by atoms with E-state index in [-0.39, 0.29) is 0 Å². The van der Waals surface area contributed by atoms with Gasteiger partial charge in [0.25, 0.3) is 11.8 Å². The fraction of sp³-hybridized carbons (Fsp3) is 0.227. The molecule has 0 aliphatic rings. The van der Waals surface area contributed by atoms with Crippen molar-refractivity contribution in [2.75, 3.05) is 13.7 Å². The zero-order valence-corrected chi connectivity index (χ0v) is 16.8. The first-order chi connectivity index (χ1) is 13.9. The number of aromatic nitrogens is 1. The minimum atomic E-state index is -0.471. The van der Waals surface area contributed by atoms with Crippen molar-refractivity contribution < 1.29 is 19.1 Å². The molecule has 0 radical (unpaired) electrons. The van der Waals surface area contributed by atoms with Crippen molar-refractivity contribution in [2.24, 2.45) is 0 Å². The zero-order valence-electron chi connectivity index (χ0n) is 16.8. The quantitative estimate of drug-likeness (QED) is 0.649. The van der Waals surface area contributed by atoms with Crippen LogP contribution in [0.4, 0.5) is 0 Å². The van der Waals surface area contributed by atoms with Crippen LogP contribution in [0.5, 0.6) is 11.5 Å². The van der Waals surface area contributed by atoms with E-state index in [1.165, 1.54) is 7.11 Å². The highest BCUT2D eigenvalue weighted by Gasteiger charge is 2.15. The molecule has 150 valence electrons. The molecule has 2 amide bonds. The second-order valence-corrected chi connectivity index (χ2v) is 6.52. The SMILES string of the molecule is CCOc1ccc(C(=O)NNC(=O)c2cc3ccc(C)cc3nc2C)cc1OC. The number of rotatable bonds is 5. The number of nitrogens with one attached hydrogen (secondary N) is 2. The molecule has 0 atom stereocenters. The predicted molar refractivity (Wildman–Crippen MR) is 110 cm³/mol. The molecule has 0 bridgehead atoms. The van der Waals surface area contributed by atoms with Gasteiger partial charge in [-0.1, -0.05) is 12.1 Å². The summed E-state index contributed by atoms with van der Waals surface area (Å²) in [5, 5.41) is 0.855. The molecule has 3 aromatic rings. The Morgan fingerprint density at radius 1 is 0.966 bits per heavy atom. The van der Waals surface area contributed by atoms with Crippen molar-refractivity contribution in [3.05, 3.63) is 64.8 Å². The van der Waals surface area contributed by atoms with Crippen LogP contribution in [0.2, 0.25) is 0 Å². The molecule has 0 spiro atoms. The summed E-state index contributed by atoms with van der Waals surface area (Å²) in [6.45, 7) is 6.09. The molecule has 0 saturated carbocycles. The number of ether oxygens (including phenoxy) is 2. The number of aryl methyl sites for hydroxylation is 2. The lowest BCUT2D eigenvalue weighted by atomic mass is 10.1. The van der Waals surface area contributed by atoms with E-state index in [0.717, 1.165) is 16.5 Å². The Hall–Kier alpha value is -3.61. The van der Waals surface area contributed by atoms with Crippen LogP contribution in [-0.4, -0.2) is 30.5 Å². The molecule has 1 aromatic heterocycles. The van der Waals surface area contributed by atoms with E-state index in [2.05, 4.69) is 15.8 Å². The summed E-state index contributed by atoms with van der Waals surface area (Å²) in [6.07, 6.45) is 0. The Bertz CT molecular complexity index is 1080. The van der Waals surface area contributed by atoms with Crippen LogP contribution < -0.4 is 20.3 Å². The summed E-state index contributed by atoms with van der Waals surface area (Å²) in [4.78, 5) is 29.5. The molecule has 7 heteroatoms. The molecule has 29 heavy (non-hydrogen) atoms. The molecule has 0 aliphatic heterocycles. The molecule has 7 nitrogen and oxygen atoms in total. The normalized spacial score (nSPS) is 10.5. The average Bonchev–Trinajstić information content (AvgIpc) is 2.71. The van der Waals surface area contributed by atoms with Gasteiger partial charge < -0.3 is 9.47 Å². The van der Waals surface area contributed by atoms with Gasteiger partial charge in [0.1, 0.15) is 0 Å². The zero-order chi connectivity index (χ0) is 21.0. The third-order valence-corrected chi connectivity index (χ3v) is 4.42. The topological polar surface area (TPSA) is 89.6 Å². The van der Waals surface area contributed by atoms with Gasteiger partial charge in [-0.3, -0.25) is 25.4 Å². The molecular formula is C22H23N3O4. The first kappa shape index (κ1) is 20.1. The Morgan fingerprint density at radius 2 is 1.72 bits per heavy atom. The van der Waals surface area contributed by atoms with Crippen LogP contribution in [-0.2, 0) is 0 Å². The van der Waals surface area contributed by atoms with Gasteiger partial charge in [-0.25, -0.2) is 0 Å². The fourth-order valence-corrected chi connectivity index (χ4v) is 2.94. The van der Waals surface area contributed by atoms with E-state index in [1.54, 1.807) is 31.2 Å². The molecule has 0 saturated heterocycles. The lowest BCUT2D eigenvalue weighted by molar-refractivity contribution is 0.0846. The van der Waals surface area contributed by atoms with E-state index in [9.17, 15) is 9.59 Å². The summed E-state index contributed by atoms with van der Waals surface area (Å²) in [6, 6.07) is 12.4. The molecule has 1 heterocycles. The van der Waals surface area contributed by atoms with Gasteiger partial charge in [0, 0.05) is 10.9 Å². The number of benzene rings is 2. The van der Waals surface area contributed by atoms with E-state index in [1.807, 2.05) is 32.0 Å². The third kappa shape index (κ3) is 4.45. The Labute approximate surface area is 169 Å². The summed E-state index contributed by atoms with van der Waals surface area (Å²) in [7, 11) is 1.50. The van der Waals surface area contributed by atoms with Crippen molar-refractivity contribution in [3.8, 4) is 11.5 Å². The number of hydrogen-bond acceptors (Lipinski definition) is 5. The lowest BCUT2D eigenvalue weighted by Gasteiger charge is -2.12. The average molecular weight is 393 g/mol. The van der Waals surface area contributed by atoms with Crippen LogP contribution in [0.1, 0.15) is 38.9 Å². The largest absolute Gasteiger partial charge is 0.493 e. The minimum absolute atomic E-state index is 0.328. The summed E-state index contributed by atoms with van der Waals surface area (Å²) < 4.78 is 10.7. The second kappa shape index (κ2) is 8.60. The smallest absolute Gasteiger partial charge is 0.271 e. The van der Waals surface area contributed by atoms with Crippen LogP contribution in [0.15, 0.2) is 42.5 Å². The molecule has 0 aliphatic carbocycles. The monoisotopic (exact) mass is 393 g/mol. The van der Waals surface area contributed by atoms with E-state index >= 15 is 0 Å². The van der Waals surface area contributed by atoms with Crippen molar-refractivity contribution >= 4 is 22.7 Å². The maximum absolute atomic E-state index is 12.6. The first-order valence-electron chi connectivity index (χ1n) is 9.22. The van der Waals surface area contributed by atoms with Gasteiger partial charge in [0.15, 0.2) is 11.5 Å². The van der Waals surface area contributed by atoms with E-state index in [0.29, 0.717) is 34.9 Å². The van der Waals surface area contributed by atoms with Crippen molar-refractivity contribution in [1.82, 2.24) is 15.8 Å². The van der Waals surface area contributed by atoms with E-state index in [4.69, 9.17) is 9.47 Å². The predicted octanol–water partition coefficient (Wildman–Crippen LogP) is 3.33. The summed E-state index contributed by atoms with van der Waals surface area (Å²) >= 11 is 0. The van der Waals surface area contributed by atoms with Gasteiger partial charge in [-0.15, -0.1) is 0 Å². The van der Waals surface area contributed by atoms with Gasteiger partial charge in [-0.05, 0) is 56.7 Å². The number of pyridine rings is 1. The number of methoxy groups -OCH3 is 1. The van der Waals surface area contributed by atoms with Gasteiger partial charge in [-0.2, -0.15) is 0 Å². The first-order valence-corrected chi connectivity index (χ1v) is 9.22. The Morgan fingerprint density at radius 3 is 2.45 bits per heavy atom. The third-order valence-electron chi connectivity index (χ3n) is 4.42. The van der Waals surface area contributed by atoms with E-state index < -0.39 is 11.8 Å². The number of fused-ring (bicyclic) bond motifs is 1. The lowest BCUT2D eigenvalue weighted by Crippen LogP contribution is -2.42. The number of nitrogens with zero attached hydrogens (tertiary/aromatic N) is 1. The summed E-state index contributed by atoms with van der Waals surface area (Å²) in [5.41, 5.74) is 8.09. The number of carbonyl (C=O) groups excluding carboxylic acids is 2. The summed E-state index contributed by atoms with van der Waals surface area (Å²) in [5.74, 6) is 0.0739. The molecular weight excluding hydrogens is 370 g/mol.